The number of esters is 1. The van der Waals surface area contributed by atoms with Crippen molar-refractivity contribution >= 4 is 17.4 Å². The first-order chi connectivity index (χ1) is 15.4. The number of nitrogens with zero attached hydrogens (tertiary/aromatic N) is 3. The Hall–Kier alpha value is -4.07. The minimum Gasteiger partial charge on any atom is -0.481 e. The third-order valence-corrected chi connectivity index (χ3v) is 4.73. The van der Waals surface area contributed by atoms with Crippen LogP contribution < -0.4 is 4.74 Å². The van der Waals surface area contributed by atoms with Gasteiger partial charge in [-0.3, -0.25) is 4.79 Å². The summed E-state index contributed by atoms with van der Waals surface area (Å²) < 4.78 is 25.2. The third kappa shape index (κ3) is 4.49. The van der Waals surface area contributed by atoms with Crippen molar-refractivity contribution in [3.63, 3.8) is 0 Å². The Balaban J connectivity index is 1.64. The lowest BCUT2D eigenvalue weighted by Gasteiger charge is -2.11. The van der Waals surface area contributed by atoms with E-state index in [-0.39, 0.29) is 36.3 Å². The normalized spacial score (nSPS) is 10.8. The van der Waals surface area contributed by atoms with Crippen molar-refractivity contribution < 1.29 is 23.5 Å². The lowest BCUT2D eigenvalue weighted by Crippen LogP contribution is -2.16. The topological polar surface area (TPSA) is 82.8 Å². The van der Waals surface area contributed by atoms with Gasteiger partial charge in [-0.25, -0.2) is 18.7 Å². The van der Waals surface area contributed by atoms with Crippen LogP contribution in [-0.2, 0) is 9.53 Å². The maximum Gasteiger partial charge on any atom is 0.344 e. The monoisotopic (exact) mass is 433 g/mol. The lowest BCUT2D eigenvalue weighted by atomic mass is 10.0. The van der Waals surface area contributed by atoms with Crippen LogP contribution in [0, 0.1) is 12.7 Å². The standard InChI is InChI=1S/C24H20FN3O4/c1-3-31-23(29)14-32-21-9-4-15(2)12-18(21)24(30)19-10-11-28-22(26-19)13-20(27-28)16-5-7-17(25)8-6-16/h4-13H,3,14H2,1-2H3. The number of carbonyl (C=O) groups excluding carboxylic acids is 2. The Morgan fingerprint density at radius 1 is 1.06 bits per heavy atom. The maximum absolute atomic E-state index is 13.2. The summed E-state index contributed by atoms with van der Waals surface area (Å²) in [6, 6.07) is 14.4. The summed E-state index contributed by atoms with van der Waals surface area (Å²) in [7, 11) is 0. The Bertz CT molecular complexity index is 1300. The molecule has 4 rings (SSSR count). The number of ketones is 1. The average Bonchev–Trinajstić information content (AvgIpc) is 3.21. The van der Waals surface area contributed by atoms with E-state index in [9.17, 15) is 14.0 Å². The molecule has 0 aliphatic heterocycles. The van der Waals surface area contributed by atoms with E-state index < -0.39 is 5.97 Å². The molecule has 8 heteroatoms. The van der Waals surface area contributed by atoms with E-state index in [0.29, 0.717) is 16.9 Å². The van der Waals surface area contributed by atoms with Crippen LogP contribution in [0.4, 0.5) is 4.39 Å². The minimum absolute atomic E-state index is 0.203. The average molecular weight is 433 g/mol. The van der Waals surface area contributed by atoms with Crippen molar-refractivity contribution in [2.24, 2.45) is 0 Å². The summed E-state index contributed by atoms with van der Waals surface area (Å²) in [4.78, 5) is 29.3. The van der Waals surface area contributed by atoms with E-state index in [1.807, 2.05) is 6.92 Å². The number of aromatic nitrogens is 3. The fourth-order valence-corrected chi connectivity index (χ4v) is 3.19. The quantitative estimate of drug-likeness (QED) is 0.323. The molecule has 162 valence electrons. The molecule has 0 aliphatic rings. The number of halogens is 1. The van der Waals surface area contributed by atoms with E-state index >= 15 is 0 Å². The fourth-order valence-electron chi connectivity index (χ4n) is 3.19. The van der Waals surface area contributed by atoms with Crippen molar-refractivity contribution in [2.45, 2.75) is 13.8 Å². The highest BCUT2D eigenvalue weighted by Gasteiger charge is 2.19. The summed E-state index contributed by atoms with van der Waals surface area (Å²) in [5.41, 5.74) is 3.17. The number of aryl methyl sites for hydroxylation is 1. The Morgan fingerprint density at radius 2 is 1.84 bits per heavy atom. The van der Waals surface area contributed by atoms with Crippen molar-refractivity contribution in [3.05, 3.63) is 83.4 Å². The second kappa shape index (κ2) is 8.97. The Kier molecular flexibility index (Phi) is 5.93. The zero-order chi connectivity index (χ0) is 22.7. The van der Waals surface area contributed by atoms with Crippen molar-refractivity contribution in [1.82, 2.24) is 14.6 Å². The third-order valence-electron chi connectivity index (χ3n) is 4.73. The molecule has 32 heavy (non-hydrogen) atoms. The van der Waals surface area contributed by atoms with E-state index in [2.05, 4.69) is 10.1 Å². The Morgan fingerprint density at radius 3 is 2.59 bits per heavy atom. The van der Waals surface area contributed by atoms with Crippen LogP contribution in [0.1, 0.15) is 28.5 Å². The van der Waals surface area contributed by atoms with Gasteiger partial charge in [0.1, 0.15) is 17.3 Å². The molecule has 0 bridgehead atoms. The van der Waals surface area contributed by atoms with Crippen molar-refractivity contribution in [3.8, 4) is 17.0 Å². The number of hydrogen-bond donors (Lipinski definition) is 0. The number of ether oxygens (including phenoxy) is 2. The van der Waals surface area contributed by atoms with Gasteiger partial charge in [-0.15, -0.1) is 0 Å². The molecular weight excluding hydrogens is 413 g/mol. The summed E-state index contributed by atoms with van der Waals surface area (Å²) in [6.07, 6.45) is 1.64. The van der Waals surface area contributed by atoms with Gasteiger partial charge < -0.3 is 9.47 Å². The first-order valence-corrected chi connectivity index (χ1v) is 10.0. The largest absolute Gasteiger partial charge is 0.481 e. The second-order valence-corrected chi connectivity index (χ2v) is 7.07. The molecule has 0 fully saturated rings. The van der Waals surface area contributed by atoms with E-state index in [4.69, 9.17) is 9.47 Å². The number of rotatable bonds is 7. The van der Waals surface area contributed by atoms with Gasteiger partial charge in [-0.05, 0) is 56.3 Å². The number of hydrogen-bond acceptors (Lipinski definition) is 6. The van der Waals surface area contributed by atoms with Gasteiger partial charge in [0.2, 0.25) is 5.78 Å². The number of benzene rings is 2. The molecule has 0 aliphatic carbocycles. The second-order valence-electron chi connectivity index (χ2n) is 7.07. The zero-order valence-electron chi connectivity index (χ0n) is 17.5. The highest BCUT2D eigenvalue weighted by Crippen LogP contribution is 2.24. The van der Waals surface area contributed by atoms with Gasteiger partial charge in [0.15, 0.2) is 12.3 Å². The van der Waals surface area contributed by atoms with E-state index in [1.54, 1.807) is 60.1 Å². The molecule has 4 aromatic rings. The predicted molar refractivity (Wildman–Crippen MR) is 115 cm³/mol. The highest BCUT2D eigenvalue weighted by molar-refractivity contribution is 6.09. The first-order valence-electron chi connectivity index (χ1n) is 10.0. The van der Waals surface area contributed by atoms with Gasteiger partial charge in [0, 0.05) is 17.8 Å². The summed E-state index contributed by atoms with van der Waals surface area (Å²) in [6.45, 7) is 3.51. The molecule has 0 spiro atoms. The van der Waals surface area contributed by atoms with Crippen LogP contribution in [0.3, 0.4) is 0 Å². The van der Waals surface area contributed by atoms with Gasteiger partial charge >= 0.3 is 5.97 Å². The van der Waals surface area contributed by atoms with Crippen LogP contribution >= 0.6 is 0 Å². The van der Waals surface area contributed by atoms with Crippen LogP contribution in [0.5, 0.6) is 5.75 Å². The van der Waals surface area contributed by atoms with Gasteiger partial charge in [-0.2, -0.15) is 5.10 Å². The molecule has 0 unspecified atom stereocenters. The maximum atomic E-state index is 13.2. The van der Waals surface area contributed by atoms with Crippen LogP contribution in [0.15, 0.2) is 60.8 Å². The van der Waals surface area contributed by atoms with Gasteiger partial charge in [-0.1, -0.05) is 11.6 Å². The van der Waals surface area contributed by atoms with Crippen molar-refractivity contribution in [2.75, 3.05) is 13.2 Å². The SMILES string of the molecule is CCOC(=O)COc1ccc(C)cc1C(=O)c1ccn2nc(-c3ccc(F)cc3)cc2n1. The zero-order valence-corrected chi connectivity index (χ0v) is 17.5. The fraction of sp³-hybridized carbons (Fsp3) is 0.167. The van der Waals surface area contributed by atoms with Gasteiger partial charge in [0.05, 0.1) is 17.9 Å². The molecule has 2 aromatic heterocycles. The van der Waals surface area contributed by atoms with Crippen LogP contribution in [-0.4, -0.2) is 39.6 Å². The summed E-state index contributed by atoms with van der Waals surface area (Å²) in [5.74, 6) is -0.920. The minimum atomic E-state index is -0.515. The van der Waals surface area contributed by atoms with Gasteiger partial charge in [0.25, 0.3) is 0 Å². The van der Waals surface area contributed by atoms with Crippen LogP contribution in [0.25, 0.3) is 16.9 Å². The molecule has 0 saturated heterocycles. The smallest absolute Gasteiger partial charge is 0.344 e. The van der Waals surface area contributed by atoms with Crippen LogP contribution in [0.2, 0.25) is 0 Å². The summed E-state index contributed by atoms with van der Waals surface area (Å²) in [5, 5.41) is 4.43. The van der Waals surface area contributed by atoms with E-state index in [1.165, 1.54) is 12.1 Å². The Labute approximate surface area is 183 Å². The lowest BCUT2D eigenvalue weighted by molar-refractivity contribution is -0.145. The predicted octanol–water partition coefficient (Wildman–Crippen LogP) is 4.02. The molecule has 7 nitrogen and oxygen atoms in total. The highest BCUT2D eigenvalue weighted by atomic mass is 19.1. The molecule has 2 heterocycles. The molecule has 0 atom stereocenters. The molecule has 0 amide bonds. The van der Waals surface area contributed by atoms with Crippen molar-refractivity contribution in [1.29, 1.82) is 0 Å². The molecular formula is C24H20FN3O4. The molecule has 0 saturated carbocycles. The molecule has 0 N–H and O–H groups in total. The van der Waals surface area contributed by atoms with E-state index in [0.717, 1.165) is 11.1 Å². The molecule has 0 radical (unpaired) electrons. The number of fused-ring (bicyclic) bond motifs is 1. The first kappa shape index (κ1) is 21.2. The summed E-state index contributed by atoms with van der Waals surface area (Å²) >= 11 is 0. The number of carbonyl (C=O) groups is 2. The molecule has 2 aromatic carbocycles.